The molecule has 5 heteroatoms. The van der Waals surface area contributed by atoms with Crippen molar-refractivity contribution in [1.82, 2.24) is 5.32 Å². The summed E-state index contributed by atoms with van der Waals surface area (Å²) in [6.07, 6.45) is 1.79. The van der Waals surface area contributed by atoms with Gasteiger partial charge in [-0.15, -0.1) is 0 Å². The molecule has 1 aromatic rings. The van der Waals surface area contributed by atoms with Crippen LogP contribution in [0.25, 0.3) is 0 Å². The average Bonchev–Trinajstić information content (AvgIpc) is 2.29. The van der Waals surface area contributed by atoms with E-state index < -0.39 is 17.4 Å². The third kappa shape index (κ3) is 3.10. The van der Waals surface area contributed by atoms with Crippen molar-refractivity contribution in [3.05, 3.63) is 29.3 Å². The minimum Gasteiger partial charge on any atom is -0.484 e. The van der Waals surface area contributed by atoms with Gasteiger partial charge in [-0.2, -0.15) is 0 Å². The standard InChI is InChI=1S/C15H19NO4/c1-10-6-11(2)8-12(7-10)20-9-13(17)16-15(14(18)19)4-3-5-15/h6-8H,3-5,9H2,1-2H3,(H,16,17)(H,18,19). The van der Waals surface area contributed by atoms with Gasteiger partial charge in [0.2, 0.25) is 0 Å². The highest BCUT2D eigenvalue weighted by molar-refractivity contribution is 5.88. The molecule has 0 bridgehead atoms. The second kappa shape index (κ2) is 5.53. The lowest BCUT2D eigenvalue weighted by Crippen LogP contribution is -2.59. The van der Waals surface area contributed by atoms with Crippen LogP contribution in [0.5, 0.6) is 5.75 Å². The molecule has 2 N–H and O–H groups in total. The number of carbonyl (C=O) groups excluding carboxylic acids is 1. The van der Waals surface area contributed by atoms with Crippen molar-refractivity contribution in [2.24, 2.45) is 0 Å². The van der Waals surface area contributed by atoms with Gasteiger partial charge in [0.25, 0.3) is 5.91 Å². The van der Waals surface area contributed by atoms with Gasteiger partial charge in [-0.3, -0.25) is 4.79 Å². The monoisotopic (exact) mass is 277 g/mol. The maximum Gasteiger partial charge on any atom is 0.329 e. The van der Waals surface area contributed by atoms with Gasteiger partial charge in [0, 0.05) is 0 Å². The van der Waals surface area contributed by atoms with Crippen LogP contribution in [0.3, 0.4) is 0 Å². The quantitative estimate of drug-likeness (QED) is 0.860. The number of carboxylic acids is 1. The summed E-state index contributed by atoms with van der Waals surface area (Å²) in [5.41, 5.74) is 1.03. The highest BCUT2D eigenvalue weighted by atomic mass is 16.5. The van der Waals surface area contributed by atoms with Crippen molar-refractivity contribution >= 4 is 11.9 Å². The molecule has 0 saturated heterocycles. The molecule has 0 aromatic heterocycles. The summed E-state index contributed by atoms with van der Waals surface area (Å²) in [7, 11) is 0. The fourth-order valence-electron chi connectivity index (χ4n) is 2.39. The van der Waals surface area contributed by atoms with Crippen LogP contribution in [-0.2, 0) is 9.59 Å². The molecule has 0 unspecified atom stereocenters. The fraction of sp³-hybridized carbons (Fsp3) is 0.467. The number of carbonyl (C=O) groups is 2. The Morgan fingerprint density at radius 1 is 1.25 bits per heavy atom. The van der Waals surface area contributed by atoms with Gasteiger partial charge in [-0.1, -0.05) is 6.07 Å². The molecular weight excluding hydrogens is 258 g/mol. The fourth-order valence-corrected chi connectivity index (χ4v) is 2.39. The van der Waals surface area contributed by atoms with E-state index >= 15 is 0 Å². The molecule has 0 heterocycles. The number of hydrogen-bond acceptors (Lipinski definition) is 3. The zero-order valence-electron chi connectivity index (χ0n) is 11.7. The molecular formula is C15H19NO4. The van der Waals surface area contributed by atoms with E-state index in [9.17, 15) is 9.59 Å². The number of ether oxygens (including phenoxy) is 1. The molecule has 1 aliphatic carbocycles. The summed E-state index contributed by atoms with van der Waals surface area (Å²) in [4.78, 5) is 22.9. The molecule has 2 rings (SSSR count). The van der Waals surface area contributed by atoms with Gasteiger partial charge in [-0.05, 0) is 56.4 Å². The lowest BCUT2D eigenvalue weighted by atomic mass is 9.77. The third-order valence-electron chi connectivity index (χ3n) is 3.56. The van der Waals surface area contributed by atoms with Crippen LogP contribution >= 0.6 is 0 Å². The second-order valence-electron chi connectivity index (χ2n) is 5.40. The predicted molar refractivity (Wildman–Crippen MR) is 73.8 cm³/mol. The van der Waals surface area contributed by atoms with Crippen LogP contribution in [0.1, 0.15) is 30.4 Å². The van der Waals surface area contributed by atoms with E-state index in [2.05, 4.69) is 5.32 Å². The minimum atomic E-state index is -1.08. The normalized spacial score (nSPS) is 16.1. The number of carboxylic acid groups (broad SMARTS) is 1. The third-order valence-corrected chi connectivity index (χ3v) is 3.56. The molecule has 0 spiro atoms. The second-order valence-corrected chi connectivity index (χ2v) is 5.40. The Morgan fingerprint density at radius 3 is 2.30 bits per heavy atom. The Balaban J connectivity index is 1.90. The van der Waals surface area contributed by atoms with Crippen molar-refractivity contribution in [3.63, 3.8) is 0 Å². The maximum atomic E-state index is 11.8. The summed E-state index contributed by atoms with van der Waals surface area (Å²) < 4.78 is 5.42. The maximum absolute atomic E-state index is 11.8. The first-order valence-corrected chi connectivity index (χ1v) is 6.67. The summed E-state index contributed by atoms with van der Waals surface area (Å²) >= 11 is 0. The zero-order chi connectivity index (χ0) is 14.8. The largest absolute Gasteiger partial charge is 0.484 e. The highest BCUT2D eigenvalue weighted by Gasteiger charge is 2.45. The summed E-state index contributed by atoms with van der Waals surface area (Å²) in [5.74, 6) is -0.745. The van der Waals surface area contributed by atoms with Crippen LogP contribution in [0.4, 0.5) is 0 Å². The lowest BCUT2D eigenvalue weighted by Gasteiger charge is -2.38. The Bertz CT molecular complexity index is 514. The van der Waals surface area contributed by atoms with Crippen LogP contribution in [0.2, 0.25) is 0 Å². The van der Waals surface area contributed by atoms with E-state index in [0.29, 0.717) is 18.6 Å². The Morgan fingerprint density at radius 2 is 1.85 bits per heavy atom. The number of hydrogen-bond donors (Lipinski definition) is 2. The SMILES string of the molecule is Cc1cc(C)cc(OCC(=O)NC2(C(=O)O)CCC2)c1. The van der Waals surface area contributed by atoms with Crippen LogP contribution in [0.15, 0.2) is 18.2 Å². The summed E-state index contributed by atoms with van der Waals surface area (Å²) in [5, 5.41) is 11.7. The van der Waals surface area contributed by atoms with Crippen molar-refractivity contribution in [1.29, 1.82) is 0 Å². The first-order chi connectivity index (χ1) is 9.41. The van der Waals surface area contributed by atoms with Crippen molar-refractivity contribution in [2.75, 3.05) is 6.61 Å². The van der Waals surface area contributed by atoms with Crippen LogP contribution < -0.4 is 10.1 Å². The number of amides is 1. The summed E-state index contributed by atoms with van der Waals surface area (Å²) in [6, 6.07) is 5.70. The van der Waals surface area contributed by atoms with Crippen molar-refractivity contribution in [2.45, 2.75) is 38.6 Å². The minimum absolute atomic E-state index is 0.169. The number of aryl methyl sites for hydroxylation is 2. The number of nitrogens with one attached hydrogen (secondary N) is 1. The van der Waals surface area contributed by atoms with E-state index in [1.807, 2.05) is 32.0 Å². The summed E-state index contributed by atoms with van der Waals surface area (Å²) in [6.45, 7) is 3.74. The molecule has 1 fully saturated rings. The molecule has 108 valence electrons. The highest BCUT2D eigenvalue weighted by Crippen LogP contribution is 2.31. The molecule has 1 amide bonds. The molecule has 1 aliphatic rings. The van der Waals surface area contributed by atoms with Gasteiger partial charge in [0.05, 0.1) is 0 Å². The molecule has 0 radical (unpaired) electrons. The lowest BCUT2D eigenvalue weighted by molar-refractivity contribution is -0.152. The van der Waals surface area contributed by atoms with Crippen LogP contribution in [0, 0.1) is 13.8 Å². The van der Waals surface area contributed by atoms with Gasteiger partial charge < -0.3 is 15.2 Å². The van der Waals surface area contributed by atoms with Gasteiger partial charge >= 0.3 is 5.97 Å². The smallest absolute Gasteiger partial charge is 0.329 e. The number of aliphatic carboxylic acids is 1. The van der Waals surface area contributed by atoms with Gasteiger partial charge in [0.1, 0.15) is 11.3 Å². The Labute approximate surface area is 117 Å². The molecule has 0 atom stereocenters. The average molecular weight is 277 g/mol. The van der Waals surface area contributed by atoms with E-state index in [1.165, 1.54) is 0 Å². The first kappa shape index (κ1) is 14.4. The molecule has 20 heavy (non-hydrogen) atoms. The Hall–Kier alpha value is -2.04. The molecule has 5 nitrogen and oxygen atoms in total. The molecule has 1 saturated carbocycles. The van der Waals surface area contributed by atoms with E-state index in [4.69, 9.17) is 9.84 Å². The van der Waals surface area contributed by atoms with E-state index in [-0.39, 0.29) is 6.61 Å². The van der Waals surface area contributed by atoms with Gasteiger partial charge in [-0.25, -0.2) is 4.79 Å². The van der Waals surface area contributed by atoms with E-state index in [1.54, 1.807) is 0 Å². The van der Waals surface area contributed by atoms with E-state index in [0.717, 1.165) is 17.5 Å². The van der Waals surface area contributed by atoms with Crippen molar-refractivity contribution in [3.8, 4) is 5.75 Å². The first-order valence-electron chi connectivity index (χ1n) is 6.67. The molecule has 1 aromatic carbocycles. The zero-order valence-corrected chi connectivity index (χ0v) is 11.7. The number of rotatable bonds is 5. The number of benzene rings is 1. The van der Waals surface area contributed by atoms with Crippen molar-refractivity contribution < 1.29 is 19.4 Å². The Kier molecular flexibility index (Phi) is 3.97. The van der Waals surface area contributed by atoms with Gasteiger partial charge in [0.15, 0.2) is 6.61 Å². The molecule has 0 aliphatic heterocycles. The predicted octanol–water partition coefficient (Wildman–Crippen LogP) is 1.81. The topological polar surface area (TPSA) is 75.6 Å². The van der Waals surface area contributed by atoms with Crippen LogP contribution in [-0.4, -0.2) is 29.1 Å².